The average Bonchev–Trinajstić information content (AvgIpc) is 2.69. The van der Waals surface area contributed by atoms with E-state index in [2.05, 4.69) is 20.3 Å². The summed E-state index contributed by atoms with van der Waals surface area (Å²) in [6.45, 7) is 3.13. The first-order valence-electron chi connectivity index (χ1n) is 8.10. The van der Waals surface area contributed by atoms with Gasteiger partial charge in [-0.2, -0.15) is 0 Å². The highest BCUT2D eigenvalue weighted by Crippen LogP contribution is 2.22. The van der Waals surface area contributed by atoms with E-state index in [-0.39, 0.29) is 5.91 Å². The van der Waals surface area contributed by atoms with E-state index in [1.165, 1.54) is 6.33 Å². The summed E-state index contributed by atoms with van der Waals surface area (Å²) in [4.78, 5) is 27.0. The number of para-hydroxylation sites is 1. The van der Waals surface area contributed by atoms with Gasteiger partial charge in [0.1, 0.15) is 17.8 Å². The van der Waals surface area contributed by atoms with Crippen molar-refractivity contribution >= 4 is 17.4 Å². The Labute approximate surface area is 146 Å². The van der Waals surface area contributed by atoms with E-state index < -0.39 is 0 Å². The van der Waals surface area contributed by atoms with Crippen molar-refractivity contribution in [2.75, 3.05) is 11.4 Å². The maximum absolute atomic E-state index is 12.4. The molecule has 6 nitrogen and oxygen atoms in total. The molecule has 0 radical (unpaired) electrons. The van der Waals surface area contributed by atoms with Gasteiger partial charge in [-0.25, -0.2) is 9.97 Å². The highest BCUT2D eigenvalue weighted by molar-refractivity contribution is 5.93. The summed E-state index contributed by atoms with van der Waals surface area (Å²) in [5, 5.41) is 2.83. The van der Waals surface area contributed by atoms with Gasteiger partial charge in [-0.15, -0.1) is 0 Å². The number of carbonyl (C=O) groups excluding carboxylic acids is 1. The first-order valence-corrected chi connectivity index (χ1v) is 8.10. The number of nitrogens with zero attached hydrogens (tertiary/aromatic N) is 4. The minimum atomic E-state index is -0.251. The maximum atomic E-state index is 12.4. The number of aromatic nitrogens is 3. The maximum Gasteiger partial charge on any atom is 0.270 e. The number of nitrogens with one attached hydrogen (secondary N) is 1. The van der Waals surface area contributed by atoms with Crippen LogP contribution in [0.1, 0.15) is 23.1 Å². The van der Waals surface area contributed by atoms with Crippen molar-refractivity contribution in [2.24, 2.45) is 0 Å². The molecule has 1 aromatic carbocycles. The number of benzene rings is 1. The molecule has 6 heteroatoms. The van der Waals surface area contributed by atoms with E-state index in [1.807, 2.05) is 60.4 Å². The van der Waals surface area contributed by atoms with Crippen LogP contribution in [-0.2, 0) is 6.54 Å². The summed E-state index contributed by atoms with van der Waals surface area (Å²) in [6, 6.07) is 17.2. The standard InChI is InChI=1S/C19H19N5O/c1-2-24(16-9-4-3-5-10-16)18-12-17(22-14-23-18)19(25)21-13-15-8-6-7-11-20-15/h3-12,14H,2,13H2,1H3,(H,21,25). The molecule has 0 fully saturated rings. The van der Waals surface area contributed by atoms with Gasteiger partial charge in [0.2, 0.25) is 0 Å². The number of rotatable bonds is 6. The highest BCUT2D eigenvalue weighted by Gasteiger charge is 2.13. The molecule has 0 unspecified atom stereocenters. The quantitative estimate of drug-likeness (QED) is 0.751. The lowest BCUT2D eigenvalue weighted by Gasteiger charge is -2.22. The van der Waals surface area contributed by atoms with Crippen LogP contribution >= 0.6 is 0 Å². The van der Waals surface area contributed by atoms with Gasteiger partial charge >= 0.3 is 0 Å². The van der Waals surface area contributed by atoms with Gasteiger partial charge in [0.25, 0.3) is 5.91 Å². The van der Waals surface area contributed by atoms with Gasteiger partial charge in [0.05, 0.1) is 12.2 Å². The molecule has 1 N–H and O–H groups in total. The second kappa shape index (κ2) is 8.01. The minimum absolute atomic E-state index is 0.251. The van der Waals surface area contributed by atoms with Crippen LogP contribution in [0.5, 0.6) is 0 Å². The average molecular weight is 333 g/mol. The molecule has 0 atom stereocenters. The fraction of sp³-hybridized carbons (Fsp3) is 0.158. The van der Waals surface area contributed by atoms with E-state index in [0.29, 0.717) is 18.1 Å². The molecular formula is C19H19N5O. The van der Waals surface area contributed by atoms with E-state index >= 15 is 0 Å². The molecule has 3 rings (SSSR count). The Balaban J connectivity index is 1.75. The number of carbonyl (C=O) groups is 1. The third kappa shape index (κ3) is 4.17. The Morgan fingerprint density at radius 3 is 2.56 bits per heavy atom. The van der Waals surface area contributed by atoms with Crippen LogP contribution in [0.2, 0.25) is 0 Å². The van der Waals surface area contributed by atoms with Crippen molar-refractivity contribution in [3.8, 4) is 0 Å². The number of amides is 1. The van der Waals surface area contributed by atoms with Gasteiger partial charge in [-0.3, -0.25) is 9.78 Å². The lowest BCUT2D eigenvalue weighted by atomic mass is 10.2. The minimum Gasteiger partial charge on any atom is -0.345 e. The van der Waals surface area contributed by atoms with Gasteiger partial charge in [-0.05, 0) is 31.2 Å². The zero-order chi connectivity index (χ0) is 17.5. The van der Waals surface area contributed by atoms with Crippen molar-refractivity contribution in [1.29, 1.82) is 0 Å². The van der Waals surface area contributed by atoms with Gasteiger partial charge < -0.3 is 10.2 Å². The molecule has 0 saturated carbocycles. The van der Waals surface area contributed by atoms with E-state index in [0.717, 1.165) is 17.9 Å². The predicted octanol–water partition coefficient (Wildman–Crippen LogP) is 2.96. The zero-order valence-electron chi connectivity index (χ0n) is 14.0. The molecule has 0 aliphatic heterocycles. The highest BCUT2D eigenvalue weighted by atomic mass is 16.1. The molecule has 0 spiro atoms. The van der Waals surface area contributed by atoms with E-state index in [1.54, 1.807) is 12.3 Å². The summed E-state index contributed by atoms with van der Waals surface area (Å²) in [5.41, 5.74) is 2.14. The lowest BCUT2D eigenvalue weighted by Crippen LogP contribution is -2.25. The zero-order valence-corrected chi connectivity index (χ0v) is 14.0. The molecule has 0 bridgehead atoms. The molecule has 2 heterocycles. The number of hydrogen-bond acceptors (Lipinski definition) is 5. The first-order chi connectivity index (χ1) is 12.3. The second-order valence-corrected chi connectivity index (χ2v) is 5.35. The number of pyridine rings is 1. The Morgan fingerprint density at radius 2 is 1.84 bits per heavy atom. The second-order valence-electron chi connectivity index (χ2n) is 5.35. The van der Waals surface area contributed by atoms with Crippen LogP contribution in [0.4, 0.5) is 11.5 Å². The van der Waals surface area contributed by atoms with Crippen LogP contribution in [0.15, 0.2) is 67.1 Å². The fourth-order valence-electron chi connectivity index (χ4n) is 2.47. The van der Waals surface area contributed by atoms with Crippen molar-refractivity contribution in [1.82, 2.24) is 20.3 Å². The summed E-state index contributed by atoms with van der Waals surface area (Å²) in [7, 11) is 0. The number of anilines is 2. The lowest BCUT2D eigenvalue weighted by molar-refractivity contribution is 0.0945. The normalized spacial score (nSPS) is 10.3. The van der Waals surface area contributed by atoms with E-state index in [4.69, 9.17) is 0 Å². The van der Waals surface area contributed by atoms with Crippen molar-refractivity contribution < 1.29 is 4.79 Å². The number of hydrogen-bond donors (Lipinski definition) is 1. The predicted molar refractivity (Wildman–Crippen MR) is 96.6 cm³/mol. The van der Waals surface area contributed by atoms with Crippen LogP contribution in [0.3, 0.4) is 0 Å². The Hall–Kier alpha value is -3.28. The molecule has 0 aliphatic carbocycles. The van der Waals surface area contributed by atoms with Gasteiger partial charge in [-0.1, -0.05) is 24.3 Å². The Morgan fingerprint density at radius 1 is 1.04 bits per heavy atom. The van der Waals surface area contributed by atoms with Gasteiger partial charge in [0, 0.05) is 24.5 Å². The van der Waals surface area contributed by atoms with Crippen LogP contribution < -0.4 is 10.2 Å². The summed E-state index contributed by atoms with van der Waals surface area (Å²) in [5.74, 6) is 0.435. The molecule has 2 aromatic heterocycles. The third-order valence-electron chi connectivity index (χ3n) is 3.70. The third-order valence-corrected chi connectivity index (χ3v) is 3.70. The first kappa shape index (κ1) is 16.6. The Kier molecular flexibility index (Phi) is 5.31. The Bertz CT molecular complexity index is 823. The molecule has 0 saturated heterocycles. The summed E-state index contributed by atoms with van der Waals surface area (Å²) >= 11 is 0. The molecule has 1 amide bonds. The SMILES string of the molecule is CCN(c1ccccc1)c1cc(C(=O)NCc2ccccn2)ncn1. The fourth-order valence-corrected chi connectivity index (χ4v) is 2.47. The van der Waals surface area contributed by atoms with Gasteiger partial charge in [0.15, 0.2) is 0 Å². The molecular weight excluding hydrogens is 314 g/mol. The van der Waals surface area contributed by atoms with Crippen molar-refractivity contribution in [3.05, 3.63) is 78.5 Å². The van der Waals surface area contributed by atoms with Crippen LogP contribution in [-0.4, -0.2) is 27.4 Å². The molecule has 126 valence electrons. The van der Waals surface area contributed by atoms with Crippen molar-refractivity contribution in [2.45, 2.75) is 13.5 Å². The summed E-state index contributed by atoms with van der Waals surface area (Å²) in [6.07, 6.45) is 3.11. The molecule has 25 heavy (non-hydrogen) atoms. The van der Waals surface area contributed by atoms with Crippen LogP contribution in [0, 0.1) is 0 Å². The van der Waals surface area contributed by atoms with Crippen LogP contribution in [0.25, 0.3) is 0 Å². The molecule has 0 aliphatic rings. The van der Waals surface area contributed by atoms with Crippen molar-refractivity contribution in [3.63, 3.8) is 0 Å². The monoisotopic (exact) mass is 333 g/mol. The topological polar surface area (TPSA) is 71.0 Å². The largest absolute Gasteiger partial charge is 0.345 e. The summed E-state index contributed by atoms with van der Waals surface area (Å²) < 4.78 is 0. The molecule has 3 aromatic rings. The smallest absolute Gasteiger partial charge is 0.270 e. The van der Waals surface area contributed by atoms with E-state index in [9.17, 15) is 4.79 Å².